The molecule has 1 saturated heterocycles. The monoisotopic (exact) mass is 351 g/mol. The van der Waals surface area contributed by atoms with E-state index < -0.39 is 11.9 Å². The molecule has 0 bridgehead atoms. The summed E-state index contributed by atoms with van der Waals surface area (Å²) >= 11 is 0. The Bertz CT molecular complexity index is 824. The van der Waals surface area contributed by atoms with Gasteiger partial charge in [-0.1, -0.05) is 36.4 Å². The molecule has 134 valence electrons. The van der Waals surface area contributed by atoms with Crippen molar-refractivity contribution in [2.75, 3.05) is 18.1 Å². The minimum atomic E-state index is -0.549. The van der Waals surface area contributed by atoms with Gasteiger partial charge in [-0.2, -0.15) is 0 Å². The van der Waals surface area contributed by atoms with Gasteiger partial charge in [0.1, 0.15) is 0 Å². The van der Waals surface area contributed by atoms with Crippen molar-refractivity contribution in [3.05, 3.63) is 65.2 Å². The highest BCUT2D eigenvalue weighted by Crippen LogP contribution is 2.27. The number of carbonyl (C=O) groups is 3. The molecule has 0 aromatic heterocycles. The standard InChI is InChI=1S/C21H21NO4/c1-14-8-15(2)10-18(9-14)22-12-17(11-20(22)24)21(25)26-13-19(23)16-6-4-3-5-7-16/h3-10,17H,11-13H2,1-2H3. The molecule has 0 aliphatic carbocycles. The van der Waals surface area contributed by atoms with Gasteiger partial charge in [0.25, 0.3) is 0 Å². The lowest BCUT2D eigenvalue weighted by Gasteiger charge is -2.18. The van der Waals surface area contributed by atoms with E-state index >= 15 is 0 Å². The first kappa shape index (κ1) is 17.9. The molecule has 0 radical (unpaired) electrons. The zero-order chi connectivity index (χ0) is 18.7. The maximum atomic E-state index is 12.3. The number of hydrogen-bond donors (Lipinski definition) is 0. The molecule has 1 heterocycles. The lowest BCUT2D eigenvalue weighted by atomic mass is 10.1. The number of rotatable bonds is 5. The zero-order valence-corrected chi connectivity index (χ0v) is 14.9. The van der Waals surface area contributed by atoms with Crippen LogP contribution >= 0.6 is 0 Å². The Hall–Kier alpha value is -2.95. The van der Waals surface area contributed by atoms with Crippen molar-refractivity contribution in [2.45, 2.75) is 20.3 Å². The van der Waals surface area contributed by atoms with Crippen LogP contribution in [0.2, 0.25) is 0 Å². The van der Waals surface area contributed by atoms with Gasteiger partial charge in [0.15, 0.2) is 12.4 Å². The molecule has 1 amide bonds. The number of ketones is 1. The number of esters is 1. The Morgan fingerprint density at radius 1 is 1.08 bits per heavy atom. The highest BCUT2D eigenvalue weighted by molar-refractivity contribution is 6.01. The molecule has 0 saturated carbocycles. The van der Waals surface area contributed by atoms with Crippen molar-refractivity contribution in [1.29, 1.82) is 0 Å². The van der Waals surface area contributed by atoms with Gasteiger partial charge in [0.2, 0.25) is 5.91 Å². The molecule has 26 heavy (non-hydrogen) atoms. The second-order valence-electron chi connectivity index (χ2n) is 6.65. The molecule has 2 aromatic carbocycles. The van der Waals surface area contributed by atoms with E-state index in [0.717, 1.165) is 16.8 Å². The summed E-state index contributed by atoms with van der Waals surface area (Å²) in [5.74, 6) is -1.41. The topological polar surface area (TPSA) is 63.7 Å². The van der Waals surface area contributed by atoms with Crippen molar-refractivity contribution in [2.24, 2.45) is 5.92 Å². The summed E-state index contributed by atoms with van der Waals surface area (Å²) in [5.41, 5.74) is 3.42. The normalized spacial score (nSPS) is 16.6. The van der Waals surface area contributed by atoms with Crippen LogP contribution in [-0.2, 0) is 14.3 Å². The highest BCUT2D eigenvalue weighted by atomic mass is 16.5. The minimum Gasteiger partial charge on any atom is -0.457 e. The van der Waals surface area contributed by atoms with Gasteiger partial charge in [0.05, 0.1) is 5.92 Å². The van der Waals surface area contributed by atoms with Crippen molar-refractivity contribution >= 4 is 23.3 Å². The van der Waals surface area contributed by atoms with Gasteiger partial charge in [-0.3, -0.25) is 14.4 Å². The van der Waals surface area contributed by atoms with Gasteiger partial charge in [-0.15, -0.1) is 0 Å². The largest absolute Gasteiger partial charge is 0.457 e. The van der Waals surface area contributed by atoms with E-state index in [2.05, 4.69) is 0 Å². The summed E-state index contributed by atoms with van der Waals surface area (Å²) < 4.78 is 5.15. The maximum absolute atomic E-state index is 12.3. The number of hydrogen-bond acceptors (Lipinski definition) is 4. The van der Waals surface area contributed by atoms with E-state index in [1.807, 2.05) is 38.1 Å². The maximum Gasteiger partial charge on any atom is 0.311 e. The third-order valence-corrected chi connectivity index (χ3v) is 4.42. The van der Waals surface area contributed by atoms with Crippen molar-refractivity contribution in [3.63, 3.8) is 0 Å². The molecule has 3 rings (SSSR count). The Morgan fingerprint density at radius 2 is 1.73 bits per heavy atom. The van der Waals surface area contributed by atoms with E-state index in [4.69, 9.17) is 4.74 Å². The smallest absolute Gasteiger partial charge is 0.311 e. The van der Waals surface area contributed by atoms with Crippen LogP contribution in [0.1, 0.15) is 27.9 Å². The summed E-state index contributed by atoms with van der Waals surface area (Å²) in [4.78, 5) is 38.3. The predicted octanol–water partition coefficient (Wildman–Crippen LogP) is 3.08. The molecular formula is C21H21NO4. The Kier molecular flexibility index (Phi) is 5.16. The lowest BCUT2D eigenvalue weighted by Crippen LogP contribution is -2.27. The van der Waals surface area contributed by atoms with Crippen LogP contribution in [-0.4, -0.2) is 30.8 Å². The number of Topliss-reactive ketones (excluding diaryl/α,β-unsaturated/α-hetero) is 1. The van der Waals surface area contributed by atoms with Crippen molar-refractivity contribution < 1.29 is 19.1 Å². The van der Waals surface area contributed by atoms with E-state index in [1.54, 1.807) is 29.2 Å². The molecule has 1 aliphatic rings. The first-order valence-corrected chi connectivity index (χ1v) is 8.57. The number of carbonyl (C=O) groups excluding carboxylic acids is 3. The van der Waals surface area contributed by atoms with Crippen LogP contribution in [0, 0.1) is 19.8 Å². The van der Waals surface area contributed by atoms with Crippen LogP contribution < -0.4 is 4.90 Å². The fourth-order valence-corrected chi connectivity index (χ4v) is 3.18. The average Bonchev–Trinajstić information content (AvgIpc) is 3.01. The Labute approximate surface area is 152 Å². The molecule has 1 unspecified atom stereocenters. The molecule has 0 N–H and O–H groups in total. The van der Waals surface area contributed by atoms with Gasteiger partial charge in [-0.25, -0.2) is 0 Å². The van der Waals surface area contributed by atoms with Crippen molar-refractivity contribution in [1.82, 2.24) is 0 Å². The van der Waals surface area contributed by atoms with Crippen molar-refractivity contribution in [3.8, 4) is 0 Å². The summed E-state index contributed by atoms with van der Waals surface area (Å²) in [6.45, 7) is 3.91. The third-order valence-electron chi connectivity index (χ3n) is 4.42. The number of ether oxygens (including phenoxy) is 1. The second-order valence-corrected chi connectivity index (χ2v) is 6.65. The lowest BCUT2D eigenvalue weighted by molar-refractivity contribution is -0.147. The second kappa shape index (κ2) is 7.52. The predicted molar refractivity (Wildman–Crippen MR) is 98.1 cm³/mol. The zero-order valence-electron chi connectivity index (χ0n) is 14.9. The molecule has 5 heteroatoms. The van der Waals surface area contributed by atoms with E-state index in [1.165, 1.54) is 0 Å². The number of amides is 1. The summed E-state index contributed by atoms with van der Waals surface area (Å²) in [7, 11) is 0. The third kappa shape index (κ3) is 3.99. The summed E-state index contributed by atoms with van der Waals surface area (Å²) in [6, 6.07) is 14.6. The minimum absolute atomic E-state index is 0.103. The molecule has 0 spiro atoms. The van der Waals surface area contributed by atoms with Crippen LogP contribution in [0.5, 0.6) is 0 Å². The molecule has 5 nitrogen and oxygen atoms in total. The van der Waals surface area contributed by atoms with E-state index in [0.29, 0.717) is 5.56 Å². The Balaban J connectivity index is 1.61. The SMILES string of the molecule is Cc1cc(C)cc(N2CC(C(=O)OCC(=O)c3ccccc3)CC2=O)c1. The molecule has 1 atom stereocenters. The number of nitrogens with zero attached hydrogens (tertiary/aromatic N) is 1. The van der Waals surface area contributed by atoms with Gasteiger partial charge in [-0.05, 0) is 37.1 Å². The quantitative estimate of drug-likeness (QED) is 0.613. The van der Waals surface area contributed by atoms with Gasteiger partial charge in [0, 0.05) is 24.2 Å². The molecule has 2 aromatic rings. The van der Waals surface area contributed by atoms with Crippen LogP contribution in [0.15, 0.2) is 48.5 Å². The first-order valence-electron chi connectivity index (χ1n) is 8.57. The average molecular weight is 351 g/mol. The Morgan fingerprint density at radius 3 is 2.38 bits per heavy atom. The van der Waals surface area contributed by atoms with Gasteiger partial charge < -0.3 is 9.64 Å². The number of anilines is 1. The summed E-state index contributed by atoms with van der Waals surface area (Å²) in [5, 5.41) is 0. The number of aryl methyl sites for hydroxylation is 2. The molecule has 1 fully saturated rings. The molecular weight excluding hydrogens is 330 g/mol. The fraction of sp³-hybridized carbons (Fsp3) is 0.286. The van der Waals surface area contributed by atoms with E-state index in [-0.39, 0.29) is 31.3 Å². The van der Waals surface area contributed by atoms with Crippen LogP contribution in [0.4, 0.5) is 5.69 Å². The number of benzene rings is 2. The van der Waals surface area contributed by atoms with Crippen LogP contribution in [0.25, 0.3) is 0 Å². The van der Waals surface area contributed by atoms with E-state index in [9.17, 15) is 14.4 Å². The van der Waals surface area contributed by atoms with Crippen LogP contribution in [0.3, 0.4) is 0 Å². The summed E-state index contributed by atoms with van der Waals surface area (Å²) in [6.07, 6.45) is 0.103. The van der Waals surface area contributed by atoms with Gasteiger partial charge >= 0.3 is 5.97 Å². The highest BCUT2D eigenvalue weighted by Gasteiger charge is 2.36. The molecule has 1 aliphatic heterocycles. The first-order chi connectivity index (χ1) is 12.4. The fourth-order valence-electron chi connectivity index (χ4n) is 3.18.